The van der Waals surface area contributed by atoms with Crippen LogP contribution in [-0.4, -0.2) is 40.4 Å². The number of aromatic nitrogens is 2. The molecule has 0 spiro atoms. The standard InChI is InChI=1S/C12H21ClN4/c1-4-10-7-17(6-5-14-10)8-11-12(13)9(2)15-16(11)3/h10,14H,4-8H2,1-3H3. The normalized spacial score (nSPS) is 22.0. The highest BCUT2D eigenvalue weighted by Gasteiger charge is 2.20. The molecular weight excluding hydrogens is 236 g/mol. The second kappa shape index (κ2) is 5.38. The lowest BCUT2D eigenvalue weighted by Gasteiger charge is -2.33. The molecule has 0 radical (unpaired) electrons. The number of rotatable bonds is 3. The largest absolute Gasteiger partial charge is 0.311 e. The summed E-state index contributed by atoms with van der Waals surface area (Å²) in [5.41, 5.74) is 2.05. The quantitative estimate of drug-likeness (QED) is 0.891. The van der Waals surface area contributed by atoms with E-state index in [4.69, 9.17) is 11.6 Å². The summed E-state index contributed by atoms with van der Waals surface area (Å²) in [6.07, 6.45) is 1.18. The zero-order valence-electron chi connectivity index (χ0n) is 10.8. The molecule has 1 aromatic rings. The Morgan fingerprint density at radius 3 is 2.88 bits per heavy atom. The summed E-state index contributed by atoms with van der Waals surface area (Å²) in [6, 6.07) is 0.608. The maximum Gasteiger partial charge on any atom is 0.0860 e. The Bertz CT molecular complexity index is 388. The van der Waals surface area contributed by atoms with Gasteiger partial charge >= 0.3 is 0 Å². The second-order valence-electron chi connectivity index (χ2n) is 4.76. The molecule has 1 atom stereocenters. The summed E-state index contributed by atoms with van der Waals surface area (Å²) in [6.45, 7) is 8.32. The van der Waals surface area contributed by atoms with E-state index in [0.29, 0.717) is 6.04 Å². The first kappa shape index (κ1) is 12.9. The monoisotopic (exact) mass is 256 g/mol. The number of halogens is 1. The van der Waals surface area contributed by atoms with Crippen molar-refractivity contribution in [1.82, 2.24) is 20.0 Å². The molecule has 1 aromatic heterocycles. The van der Waals surface area contributed by atoms with Gasteiger partial charge < -0.3 is 5.32 Å². The van der Waals surface area contributed by atoms with Crippen molar-refractivity contribution in [3.05, 3.63) is 16.4 Å². The van der Waals surface area contributed by atoms with Crippen molar-refractivity contribution in [3.63, 3.8) is 0 Å². The summed E-state index contributed by atoms with van der Waals surface area (Å²) < 4.78 is 1.90. The Labute approximate surface area is 108 Å². The SMILES string of the molecule is CCC1CN(Cc2c(Cl)c(C)nn2C)CCN1. The van der Waals surface area contributed by atoms with Crippen LogP contribution >= 0.6 is 11.6 Å². The van der Waals surface area contributed by atoms with Crippen LogP contribution in [-0.2, 0) is 13.6 Å². The van der Waals surface area contributed by atoms with Gasteiger partial charge in [0, 0.05) is 39.3 Å². The summed E-state index contributed by atoms with van der Waals surface area (Å²) in [5, 5.41) is 8.70. The number of piperazine rings is 1. The smallest absolute Gasteiger partial charge is 0.0860 e. The van der Waals surface area contributed by atoms with E-state index in [1.54, 1.807) is 0 Å². The Balaban J connectivity index is 2.05. The molecule has 0 aliphatic carbocycles. The van der Waals surface area contributed by atoms with Gasteiger partial charge in [0.2, 0.25) is 0 Å². The number of nitrogens with zero attached hydrogens (tertiary/aromatic N) is 3. The van der Waals surface area contributed by atoms with Gasteiger partial charge in [-0.05, 0) is 13.3 Å². The van der Waals surface area contributed by atoms with E-state index < -0.39 is 0 Å². The van der Waals surface area contributed by atoms with Crippen molar-refractivity contribution >= 4 is 11.6 Å². The van der Waals surface area contributed by atoms with Crippen LogP contribution in [0.15, 0.2) is 0 Å². The van der Waals surface area contributed by atoms with Crippen LogP contribution in [0.4, 0.5) is 0 Å². The molecule has 1 aliphatic heterocycles. The zero-order chi connectivity index (χ0) is 12.4. The van der Waals surface area contributed by atoms with E-state index in [9.17, 15) is 0 Å². The molecule has 0 amide bonds. The maximum absolute atomic E-state index is 6.28. The van der Waals surface area contributed by atoms with Crippen molar-refractivity contribution in [1.29, 1.82) is 0 Å². The Hall–Kier alpha value is -0.580. The average molecular weight is 257 g/mol. The third-order valence-electron chi connectivity index (χ3n) is 3.47. The van der Waals surface area contributed by atoms with E-state index in [1.165, 1.54) is 6.42 Å². The minimum atomic E-state index is 0.608. The van der Waals surface area contributed by atoms with Gasteiger partial charge in [0.15, 0.2) is 0 Å². The van der Waals surface area contributed by atoms with Gasteiger partial charge in [-0.1, -0.05) is 18.5 Å². The number of nitrogens with one attached hydrogen (secondary N) is 1. The van der Waals surface area contributed by atoms with Crippen molar-refractivity contribution in [3.8, 4) is 0 Å². The molecule has 96 valence electrons. The average Bonchev–Trinajstić information content (AvgIpc) is 2.56. The topological polar surface area (TPSA) is 33.1 Å². The lowest BCUT2D eigenvalue weighted by atomic mass is 10.1. The van der Waals surface area contributed by atoms with E-state index in [-0.39, 0.29) is 0 Å². The van der Waals surface area contributed by atoms with Crippen LogP contribution in [0.25, 0.3) is 0 Å². The van der Waals surface area contributed by atoms with Crippen molar-refractivity contribution in [2.45, 2.75) is 32.9 Å². The highest BCUT2D eigenvalue weighted by Crippen LogP contribution is 2.21. The molecule has 2 heterocycles. The predicted molar refractivity (Wildman–Crippen MR) is 70.3 cm³/mol. The summed E-state index contributed by atoms with van der Waals surface area (Å²) >= 11 is 6.28. The van der Waals surface area contributed by atoms with Gasteiger partial charge in [0.25, 0.3) is 0 Å². The van der Waals surface area contributed by atoms with Crippen LogP contribution in [0.3, 0.4) is 0 Å². The Kier molecular flexibility index (Phi) is 4.07. The molecule has 1 aliphatic rings. The fourth-order valence-corrected chi connectivity index (χ4v) is 2.59. The summed E-state index contributed by atoms with van der Waals surface area (Å²) in [5.74, 6) is 0. The van der Waals surface area contributed by atoms with E-state index in [0.717, 1.165) is 42.6 Å². The van der Waals surface area contributed by atoms with E-state index in [2.05, 4.69) is 22.2 Å². The first-order valence-corrected chi connectivity index (χ1v) is 6.63. The van der Waals surface area contributed by atoms with Crippen molar-refractivity contribution in [2.75, 3.05) is 19.6 Å². The molecule has 4 nitrogen and oxygen atoms in total. The molecule has 0 bridgehead atoms. The summed E-state index contributed by atoms with van der Waals surface area (Å²) in [4.78, 5) is 2.45. The second-order valence-corrected chi connectivity index (χ2v) is 5.14. The van der Waals surface area contributed by atoms with Crippen LogP contribution in [0.5, 0.6) is 0 Å². The molecule has 1 saturated heterocycles. The van der Waals surface area contributed by atoms with Crippen LogP contribution in [0, 0.1) is 6.92 Å². The number of aryl methyl sites for hydroxylation is 2. The minimum absolute atomic E-state index is 0.608. The van der Waals surface area contributed by atoms with E-state index >= 15 is 0 Å². The minimum Gasteiger partial charge on any atom is -0.311 e. The lowest BCUT2D eigenvalue weighted by Crippen LogP contribution is -2.50. The maximum atomic E-state index is 6.28. The number of hydrogen-bond acceptors (Lipinski definition) is 3. The molecule has 1 N–H and O–H groups in total. The highest BCUT2D eigenvalue weighted by atomic mass is 35.5. The molecule has 17 heavy (non-hydrogen) atoms. The number of hydrogen-bond donors (Lipinski definition) is 1. The van der Waals surface area contributed by atoms with Gasteiger partial charge in [-0.2, -0.15) is 5.10 Å². The third-order valence-corrected chi connectivity index (χ3v) is 3.96. The van der Waals surface area contributed by atoms with Gasteiger partial charge in [-0.3, -0.25) is 9.58 Å². The zero-order valence-corrected chi connectivity index (χ0v) is 11.6. The molecule has 0 saturated carbocycles. The molecule has 5 heteroatoms. The van der Waals surface area contributed by atoms with Crippen molar-refractivity contribution < 1.29 is 0 Å². The van der Waals surface area contributed by atoms with Gasteiger partial charge in [0.1, 0.15) is 0 Å². The third kappa shape index (κ3) is 2.81. The lowest BCUT2D eigenvalue weighted by molar-refractivity contribution is 0.186. The van der Waals surface area contributed by atoms with E-state index in [1.807, 2.05) is 18.7 Å². The first-order valence-electron chi connectivity index (χ1n) is 6.25. The molecule has 2 rings (SSSR count). The molecular formula is C12H21ClN4. The summed E-state index contributed by atoms with van der Waals surface area (Å²) in [7, 11) is 1.97. The predicted octanol–water partition coefficient (Wildman–Crippen LogP) is 1.57. The van der Waals surface area contributed by atoms with Crippen LogP contribution in [0.1, 0.15) is 24.7 Å². The van der Waals surface area contributed by atoms with Crippen LogP contribution in [0.2, 0.25) is 5.02 Å². The molecule has 1 unspecified atom stereocenters. The van der Waals surface area contributed by atoms with Gasteiger partial charge in [0.05, 0.1) is 16.4 Å². The van der Waals surface area contributed by atoms with Gasteiger partial charge in [-0.15, -0.1) is 0 Å². The molecule has 0 aromatic carbocycles. The van der Waals surface area contributed by atoms with Gasteiger partial charge in [-0.25, -0.2) is 0 Å². The fourth-order valence-electron chi connectivity index (χ4n) is 2.38. The van der Waals surface area contributed by atoms with Crippen LogP contribution < -0.4 is 5.32 Å². The Morgan fingerprint density at radius 2 is 2.29 bits per heavy atom. The Morgan fingerprint density at radius 1 is 1.53 bits per heavy atom. The first-order chi connectivity index (χ1) is 8.11. The highest BCUT2D eigenvalue weighted by molar-refractivity contribution is 6.31. The fraction of sp³-hybridized carbons (Fsp3) is 0.750. The molecule has 1 fully saturated rings. The van der Waals surface area contributed by atoms with Crippen molar-refractivity contribution in [2.24, 2.45) is 7.05 Å².